The normalized spacial score (nSPS) is 17.0. The summed E-state index contributed by atoms with van der Waals surface area (Å²) in [6, 6.07) is 27.4. The number of aliphatic carboxylic acids is 1. The van der Waals surface area contributed by atoms with Crippen LogP contribution in [0.3, 0.4) is 0 Å². The Hall–Kier alpha value is -7.13. The number of carbonyl (C=O) groups is 5. The summed E-state index contributed by atoms with van der Waals surface area (Å²) < 4.78 is 65.3. The highest BCUT2D eigenvalue weighted by Crippen LogP contribution is 2.29. The van der Waals surface area contributed by atoms with Crippen molar-refractivity contribution < 1.29 is 65.6 Å². The summed E-state index contributed by atoms with van der Waals surface area (Å²) in [5.41, 5.74) is 3.13. The summed E-state index contributed by atoms with van der Waals surface area (Å²) >= 11 is 0. The van der Waals surface area contributed by atoms with Gasteiger partial charge in [-0.1, -0.05) is 71.8 Å². The zero-order valence-corrected chi connectivity index (χ0v) is 40.2. The van der Waals surface area contributed by atoms with Crippen molar-refractivity contribution in [3.05, 3.63) is 149 Å². The van der Waals surface area contributed by atoms with E-state index in [9.17, 15) is 56.1 Å². The van der Waals surface area contributed by atoms with E-state index < -0.39 is 73.9 Å². The molecule has 5 N–H and O–H groups in total. The summed E-state index contributed by atoms with van der Waals surface area (Å²) in [4.78, 5) is 61.9. The van der Waals surface area contributed by atoms with E-state index in [-0.39, 0.29) is 59.2 Å². The number of para-hydroxylation sites is 1. The van der Waals surface area contributed by atoms with Crippen LogP contribution < -0.4 is 15.4 Å². The molecular weight excluding hydrogens is 945 g/mol. The molecule has 2 saturated heterocycles. The Labute approximate surface area is 406 Å². The average Bonchev–Trinajstić information content (AvgIpc) is 4.06. The Morgan fingerprint density at radius 2 is 1.07 bits per heavy atom. The summed E-state index contributed by atoms with van der Waals surface area (Å²) in [6.07, 6.45) is 1.77. The lowest BCUT2D eigenvalue weighted by Crippen LogP contribution is -2.51. The number of aromatic hydroxyl groups is 1. The molecule has 5 aromatic carbocycles. The van der Waals surface area contributed by atoms with Gasteiger partial charge < -0.3 is 35.4 Å². The number of hydrogen-bond donors (Lipinski definition) is 5. The molecule has 5 aromatic rings. The topological polar surface area (TPSA) is 263 Å². The van der Waals surface area contributed by atoms with E-state index >= 15 is 0 Å². The molecule has 4 atom stereocenters. The van der Waals surface area contributed by atoms with Crippen LogP contribution in [0.1, 0.15) is 58.3 Å². The number of nitrogens with zero attached hydrogens (tertiary/aromatic N) is 2. The fraction of sp³-hybridized carbons (Fsp3) is 0.300. The van der Waals surface area contributed by atoms with Crippen LogP contribution >= 0.6 is 0 Å². The second kappa shape index (κ2) is 23.0. The molecule has 370 valence electrons. The number of carboxylic acids is 2. The van der Waals surface area contributed by atoms with E-state index in [1.807, 2.05) is 13.8 Å². The van der Waals surface area contributed by atoms with Gasteiger partial charge >= 0.3 is 17.9 Å². The number of phenolic OH excluding ortho intramolecular Hbond substituents is 1. The van der Waals surface area contributed by atoms with Gasteiger partial charge in [0, 0.05) is 25.9 Å². The highest BCUT2D eigenvalue weighted by molar-refractivity contribution is 7.89. The van der Waals surface area contributed by atoms with Gasteiger partial charge in [0.2, 0.25) is 31.9 Å². The molecule has 2 aliphatic heterocycles. The molecule has 2 aliphatic rings. The molecule has 70 heavy (non-hydrogen) atoms. The number of sulfonamides is 2. The predicted molar refractivity (Wildman–Crippen MR) is 255 cm³/mol. The number of esters is 1. The number of carboxylic acid groups (broad SMARTS) is 2. The maximum absolute atomic E-state index is 13.2. The van der Waals surface area contributed by atoms with Crippen molar-refractivity contribution >= 4 is 49.8 Å². The number of aromatic carboxylic acids is 1. The molecule has 7 rings (SSSR count). The van der Waals surface area contributed by atoms with Gasteiger partial charge in [0.15, 0.2) is 0 Å². The van der Waals surface area contributed by atoms with Crippen molar-refractivity contribution in [2.75, 3.05) is 20.2 Å². The zero-order valence-electron chi connectivity index (χ0n) is 38.6. The lowest BCUT2D eigenvalue weighted by atomic mass is 10.0. The van der Waals surface area contributed by atoms with E-state index in [1.54, 1.807) is 72.8 Å². The summed E-state index contributed by atoms with van der Waals surface area (Å²) in [5, 5.41) is 33.7. The predicted octanol–water partition coefficient (Wildman–Crippen LogP) is 5.20. The molecule has 2 fully saturated rings. The summed E-state index contributed by atoms with van der Waals surface area (Å²) in [5.74, 6) is -3.62. The number of aryl methyl sites for hydroxylation is 2. The van der Waals surface area contributed by atoms with Crippen molar-refractivity contribution in [2.45, 2.75) is 86.3 Å². The molecule has 2 amide bonds. The van der Waals surface area contributed by atoms with Gasteiger partial charge in [-0.25, -0.2) is 31.2 Å². The summed E-state index contributed by atoms with van der Waals surface area (Å²) in [7, 11) is -6.55. The molecule has 0 aromatic heterocycles. The van der Waals surface area contributed by atoms with E-state index in [0.29, 0.717) is 36.1 Å². The van der Waals surface area contributed by atoms with Crippen molar-refractivity contribution in [2.24, 2.45) is 0 Å². The van der Waals surface area contributed by atoms with Crippen molar-refractivity contribution in [1.29, 1.82) is 0 Å². The van der Waals surface area contributed by atoms with Crippen molar-refractivity contribution in [1.82, 2.24) is 19.2 Å². The van der Waals surface area contributed by atoms with Crippen LogP contribution in [0, 0.1) is 13.8 Å². The second-order valence-electron chi connectivity index (χ2n) is 16.8. The van der Waals surface area contributed by atoms with Gasteiger partial charge in [-0.3, -0.25) is 9.59 Å². The van der Waals surface area contributed by atoms with E-state index in [2.05, 4.69) is 10.6 Å². The Morgan fingerprint density at radius 3 is 1.53 bits per heavy atom. The van der Waals surface area contributed by atoms with Crippen LogP contribution in [0.25, 0.3) is 0 Å². The molecule has 2 heterocycles. The zero-order chi connectivity index (χ0) is 50.8. The number of benzene rings is 5. The Kier molecular flexibility index (Phi) is 17.2. The fourth-order valence-electron chi connectivity index (χ4n) is 8.00. The number of carbonyl (C=O) groups excluding carboxylic acids is 3. The number of nitrogens with one attached hydrogen (secondary N) is 2. The van der Waals surface area contributed by atoms with Gasteiger partial charge in [0.05, 0.1) is 16.9 Å². The number of amides is 2. The quantitative estimate of drug-likeness (QED) is 0.0750. The molecule has 0 spiro atoms. The Morgan fingerprint density at radius 1 is 0.629 bits per heavy atom. The lowest BCUT2D eigenvalue weighted by Gasteiger charge is -2.25. The first-order chi connectivity index (χ1) is 33.3. The minimum Gasteiger partial charge on any atom is -0.508 e. The number of rotatable bonds is 17. The average molecular weight is 999 g/mol. The van der Waals surface area contributed by atoms with E-state index in [1.165, 1.54) is 59.9 Å². The molecule has 0 unspecified atom stereocenters. The van der Waals surface area contributed by atoms with Crippen LogP contribution in [0.4, 0.5) is 0 Å². The molecular formula is C50H54N4O14S2. The van der Waals surface area contributed by atoms with Gasteiger partial charge in [0.25, 0.3) is 0 Å². The third kappa shape index (κ3) is 12.9. The number of phenols is 1. The van der Waals surface area contributed by atoms with Crippen LogP contribution in [-0.2, 0) is 56.8 Å². The second-order valence-corrected chi connectivity index (χ2v) is 20.6. The maximum Gasteiger partial charge on any atom is 0.339 e. The smallest absolute Gasteiger partial charge is 0.339 e. The molecule has 20 heteroatoms. The molecule has 18 nitrogen and oxygen atoms in total. The first kappa shape index (κ1) is 52.2. The highest BCUT2D eigenvalue weighted by atomic mass is 32.2. The fourth-order valence-corrected chi connectivity index (χ4v) is 11.3. The third-order valence-corrected chi connectivity index (χ3v) is 15.6. The van der Waals surface area contributed by atoms with Crippen LogP contribution in [0.5, 0.6) is 17.2 Å². The number of ether oxygens (including phenoxy) is 2. The van der Waals surface area contributed by atoms with Crippen molar-refractivity contribution in [3.63, 3.8) is 0 Å². The van der Waals surface area contributed by atoms with Gasteiger partial charge in [-0.2, -0.15) is 8.61 Å². The molecule has 0 aliphatic carbocycles. The minimum atomic E-state index is -3.93. The number of methoxy groups -OCH3 is 1. The Bertz CT molecular complexity index is 2900. The minimum absolute atomic E-state index is 0.000536. The highest BCUT2D eigenvalue weighted by Gasteiger charge is 2.42. The third-order valence-electron chi connectivity index (χ3n) is 11.8. The van der Waals surface area contributed by atoms with E-state index in [4.69, 9.17) is 9.47 Å². The number of hydrogen-bond acceptors (Lipinski definition) is 12. The van der Waals surface area contributed by atoms with E-state index in [0.717, 1.165) is 15.4 Å². The molecule has 0 bridgehead atoms. The monoisotopic (exact) mass is 998 g/mol. The lowest BCUT2D eigenvalue weighted by molar-refractivity contribution is -0.145. The van der Waals surface area contributed by atoms with Crippen molar-refractivity contribution in [3.8, 4) is 17.2 Å². The standard InChI is InChI=1S/C28H28N2O8S.C22H26N2O6S/c1-18-8-14-21(15-9-18)39(36,37)30-16-4-6-24(30)26(31)29-23(28(34)35)17-19-10-12-20(13-11-19)38-25-7-3-2-5-22(25)27(32)33;1-15-5-11-18(12-6-15)31(28,29)24-13-3-4-20(24)21(26)23-19(22(27)30-2)14-16-7-9-17(25)10-8-16/h2-3,5,7-15,23-24H,4,6,16-17H2,1H3,(H,29,31)(H,32,33)(H,34,35);5-12,19-20,25H,3-4,13-14H2,1-2H3,(H,23,26)/t23-,24-;19-,20-/m00/s1. The molecule has 0 saturated carbocycles. The summed E-state index contributed by atoms with van der Waals surface area (Å²) in [6.45, 7) is 4.10. The van der Waals surface area contributed by atoms with Gasteiger partial charge in [-0.15, -0.1) is 0 Å². The largest absolute Gasteiger partial charge is 0.508 e. The van der Waals surface area contributed by atoms with Crippen LogP contribution in [0.2, 0.25) is 0 Å². The first-order valence-electron chi connectivity index (χ1n) is 22.2. The first-order valence-corrected chi connectivity index (χ1v) is 25.1. The van der Waals surface area contributed by atoms with Crippen LogP contribution in [0.15, 0.2) is 131 Å². The van der Waals surface area contributed by atoms with Crippen LogP contribution in [-0.4, -0.2) is 115 Å². The maximum atomic E-state index is 13.2. The van der Waals surface area contributed by atoms with Gasteiger partial charge in [-0.05, 0) is 111 Å². The van der Waals surface area contributed by atoms with Gasteiger partial charge in [0.1, 0.15) is 47.0 Å². The SMILES string of the molecule is COC(=O)[C@H](Cc1ccc(O)cc1)NC(=O)[C@@H]1CCCN1S(=O)(=O)c1ccc(C)cc1.Cc1ccc(S(=O)(=O)N2CCC[C@H]2C(=O)N[C@@H](Cc2ccc(Oc3ccccc3C(=O)O)cc2)C(=O)O)cc1. The Balaban J connectivity index is 0.000000236. The molecule has 0 radical (unpaired) electrons.